The van der Waals surface area contributed by atoms with Gasteiger partial charge in [0.05, 0.1) is 14.2 Å². The van der Waals surface area contributed by atoms with Crippen molar-refractivity contribution < 1.29 is 28.5 Å². The summed E-state index contributed by atoms with van der Waals surface area (Å²) in [4.78, 5) is 14.8. The lowest BCUT2D eigenvalue weighted by Gasteiger charge is -2.08. The van der Waals surface area contributed by atoms with E-state index in [1.54, 1.807) is 38.5 Å². The summed E-state index contributed by atoms with van der Waals surface area (Å²) in [6.07, 6.45) is 6.63. The lowest BCUT2D eigenvalue weighted by molar-refractivity contribution is -0.139. The van der Waals surface area contributed by atoms with Gasteiger partial charge in [-0.15, -0.1) is 0 Å². The SMILES string of the molecule is C=C/C=c1/cccc/c1=C/Cc1oc(C)nc1-c1ccc(OC)cc1.COc1ccc(OCC(=O)O)c(C)c1. The summed E-state index contributed by atoms with van der Waals surface area (Å²) >= 11 is 0. The van der Waals surface area contributed by atoms with Crippen molar-refractivity contribution in [2.75, 3.05) is 20.8 Å². The number of ether oxygens (including phenoxy) is 3. The molecule has 7 nitrogen and oxygen atoms in total. The number of aryl methyl sites for hydroxylation is 2. The number of methoxy groups -OCH3 is 2. The Kier molecular flexibility index (Phi) is 10.5. The fraction of sp³-hybridized carbons (Fsp3) is 0.188. The van der Waals surface area contributed by atoms with Crippen LogP contribution in [0.25, 0.3) is 23.4 Å². The molecule has 4 aromatic rings. The first-order chi connectivity index (χ1) is 18.8. The van der Waals surface area contributed by atoms with Crippen LogP contribution in [0.5, 0.6) is 17.2 Å². The first-order valence-corrected chi connectivity index (χ1v) is 12.3. The van der Waals surface area contributed by atoms with Crippen molar-refractivity contribution >= 4 is 18.1 Å². The maximum absolute atomic E-state index is 10.3. The largest absolute Gasteiger partial charge is 0.497 e. The van der Waals surface area contributed by atoms with E-state index in [9.17, 15) is 4.79 Å². The maximum atomic E-state index is 10.3. The van der Waals surface area contributed by atoms with Gasteiger partial charge in [-0.25, -0.2) is 9.78 Å². The van der Waals surface area contributed by atoms with Crippen molar-refractivity contribution in [1.82, 2.24) is 4.98 Å². The van der Waals surface area contributed by atoms with Crippen molar-refractivity contribution in [3.8, 4) is 28.5 Å². The second-order valence-electron chi connectivity index (χ2n) is 8.49. The zero-order valence-electron chi connectivity index (χ0n) is 22.6. The number of aromatic nitrogens is 1. The minimum absolute atomic E-state index is 0.326. The van der Waals surface area contributed by atoms with E-state index in [0.717, 1.165) is 44.5 Å². The zero-order chi connectivity index (χ0) is 28.2. The van der Waals surface area contributed by atoms with Gasteiger partial charge in [-0.1, -0.05) is 49.1 Å². The zero-order valence-corrected chi connectivity index (χ0v) is 22.6. The van der Waals surface area contributed by atoms with Crippen LogP contribution in [0, 0.1) is 13.8 Å². The third-order valence-corrected chi connectivity index (χ3v) is 5.70. The number of hydrogen-bond acceptors (Lipinski definition) is 6. The van der Waals surface area contributed by atoms with Gasteiger partial charge in [0.15, 0.2) is 12.5 Å². The first-order valence-electron chi connectivity index (χ1n) is 12.3. The third-order valence-electron chi connectivity index (χ3n) is 5.70. The highest BCUT2D eigenvalue weighted by Crippen LogP contribution is 2.26. The van der Waals surface area contributed by atoms with Gasteiger partial charge in [0.25, 0.3) is 0 Å². The number of rotatable bonds is 9. The van der Waals surface area contributed by atoms with Gasteiger partial charge in [-0.2, -0.15) is 0 Å². The quantitative estimate of drug-likeness (QED) is 0.323. The monoisotopic (exact) mass is 527 g/mol. The van der Waals surface area contributed by atoms with Crippen molar-refractivity contribution in [2.45, 2.75) is 20.3 Å². The second-order valence-corrected chi connectivity index (χ2v) is 8.49. The molecule has 202 valence electrons. The minimum atomic E-state index is -0.986. The topological polar surface area (TPSA) is 91.0 Å². The van der Waals surface area contributed by atoms with E-state index >= 15 is 0 Å². The minimum Gasteiger partial charge on any atom is -0.497 e. The number of allylic oxidation sites excluding steroid dienone is 1. The molecule has 0 fully saturated rings. The lowest BCUT2D eigenvalue weighted by atomic mass is 10.1. The Morgan fingerprint density at radius 2 is 1.64 bits per heavy atom. The van der Waals surface area contributed by atoms with Crippen LogP contribution in [0.2, 0.25) is 0 Å². The predicted molar refractivity (Wildman–Crippen MR) is 153 cm³/mol. The van der Waals surface area contributed by atoms with E-state index in [1.165, 1.54) is 0 Å². The van der Waals surface area contributed by atoms with Crippen LogP contribution in [0.15, 0.2) is 83.8 Å². The van der Waals surface area contributed by atoms with Gasteiger partial charge in [-0.3, -0.25) is 0 Å². The Bertz CT molecular complexity index is 1520. The summed E-state index contributed by atoms with van der Waals surface area (Å²) in [7, 11) is 3.24. The molecule has 0 aliphatic rings. The summed E-state index contributed by atoms with van der Waals surface area (Å²) in [5.41, 5.74) is 2.75. The molecule has 4 rings (SSSR count). The molecular formula is C32H33NO6. The van der Waals surface area contributed by atoms with Crippen LogP contribution in [0.3, 0.4) is 0 Å². The van der Waals surface area contributed by atoms with E-state index < -0.39 is 5.97 Å². The molecule has 7 heteroatoms. The molecule has 0 bridgehead atoms. The number of carboxylic acids is 1. The average Bonchev–Trinajstić information content (AvgIpc) is 3.32. The van der Waals surface area contributed by atoms with Crippen LogP contribution in [0.4, 0.5) is 0 Å². The number of oxazole rings is 1. The second kappa shape index (κ2) is 14.2. The summed E-state index contributed by atoms with van der Waals surface area (Å²) in [6, 6.07) is 21.3. The van der Waals surface area contributed by atoms with E-state index in [4.69, 9.17) is 23.7 Å². The molecule has 0 aliphatic carbocycles. The highest BCUT2D eigenvalue weighted by molar-refractivity contribution is 5.68. The van der Waals surface area contributed by atoms with Gasteiger partial charge in [0.2, 0.25) is 0 Å². The van der Waals surface area contributed by atoms with E-state index in [1.807, 2.05) is 56.3 Å². The Morgan fingerprint density at radius 3 is 2.26 bits per heavy atom. The number of hydrogen-bond donors (Lipinski definition) is 1. The summed E-state index contributed by atoms with van der Waals surface area (Å²) in [5, 5.41) is 10.7. The van der Waals surface area contributed by atoms with Crippen LogP contribution in [-0.4, -0.2) is 36.9 Å². The van der Waals surface area contributed by atoms with Crippen molar-refractivity contribution in [2.24, 2.45) is 0 Å². The standard InChI is InChI=1S/C22H21NO2.C10H12O4/c1-4-7-17-8-5-6-9-18(17)12-15-21-22(23-16(2)25-21)19-10-13-20(24-3)14-11-19;1-7-5-8(13-2)3-4-9(7)14-6-10(11)12/h4-14H,1,15H2,2-3H3;3-5H,6H2,1-2H3,(H,11,12)/b17-7-,18-12-;. The molecule has 1 N–H and O–H groups in total. The molecule has 0 saturated carbocycles. The highest BCUT2D eigenvalue weighted by Gasteiger charge is 2.12. The van der Waals surface area contributed by atoms with Crippen LogP contribution in [0.1, 0.15) is 17.2 Å². The summed E-state index contributed by atoms with van der Waals surface area (Å²) in [6.45, 7) is 7.16. The Labute approximate surface area is 228 Å². The van der Waals surface area contributed by atoms with Crippen LogP contribution >= 0.6 is 0 Å². The molecule has 39 heavy (non-hydrogen) atoms. The van der Waals surface area contributed by atoms with Gasteiger partial charge < -0.3 is 23.7 Å². The molecule has 0 unspecified atom stereocenters. The van der Waals surface area contributed by atoms with Gasteiger partial charge in [0, 0.05) is 18.9 Å². The molecule has 0 saturated heterocycles. The Morgan fingerprint density at radius 1 is 0.974 bits per heavy atom. The van der Waals surface area contributed by atoms with Crippen molar-refractivity contribution in [3.63, 3.8) is 0 Å². The number of carboxylic acid groups (broad SMARTS) is 1. The number of aliphatic carboxylic acids is 1. The van der Waals surface area contributed by atoms with Crippen LogP contribution < -0.4 is 24.6 Å². The summed E-state index contributed by atoms with van der Waals surface area (Å²) < 4.78 is 21.1. The summed E-state index contributed by atoms with van der Waals surface area (Å²) in [5.74, 6) is 2.65. The molecule has 1 aromatic heterocycles. The van der Waals surface area contributed by atoms with Crippen LogP contribution in [-0.2, 0) is 11.2 Å². The fourth-order valence-electron chi connectivity index (χ4n) is 3.81. The van der Waals surface area contributed by atoms with Gasteiger partial charge in [-0.05, 0) is 65.4 Å². The number of nitrogens with zero attached hydrogens (tertiary/aromatic N) is 1. The smallest absolute Gasteiger partial charge is 0.341 e. The van der Waals surface area contributed by atoms with E-state index in [-0.39, 0.29) is 6.61 Å². The first kappa shape index (κ1) is 28.8. The van der Waals surface area contributed by atoms with Gasteiger partial charge in [0.1, 0.15) is 28.7 Å². The normalized spacial score (nSPS) is 11.4. The van der Waals surface area contributed by atoms with Gasteiger partial charge >= 0.3 is 5.97 Å². The molecule has 0 amide bonds. The maximum Gasteiger partial charge on any atom is 0.341 e. The third kappa shape index (κ3) is 8.36. The molecule has 0 aliphatic heterocycles. The van der Waals surface area contributed by atoms with E-state index in [2.05, 4.69) is 29.8 Å². The Hall–Kier alpha value is -4.78. The molecular weight excluding hydrogens is 494 g/mol. The fourth-order valence-corrected chi connectivity index (χ4v) is 3.81. The Balaban J connectivity index is 0.000000255. The molecule has 1 heterocycles. The number of benzene rings is 3. The van der Waals surface area contributed by atoms with Crippen molar-refractivity contribution in [1.29, 1.82) is 0 Å². The van der Waals surface area contributed by atoms with E-state index in [0.29, 0.717) is 18.1 Å². The molecule has 0 atom stereocenters. The van der Waals surface area contributed by atoms with Crippen molar-refractivity contribution in [3.05, 3.63) is 107 Å². The number of carbonyl (C=O) groups is 1. The molecule has 0 radical (unpaired) electrons. The molecule has 0 spiro atoms. The highest BCUT2D eigenvalue weighted by atomic mass is 16.5. The molecule has 3 aromatic carbocycles. The predicted octanol–water partition coefficient (Wildman–Crippen LogP) is 5.12. The lowest BCUT2D eigenvalue weighted by Crippen LogP contribution is -2.23. The average molecular weight is 528 g/mol.